The molecule has 0 bridgehead atoms. The summed E-state index contributed by atoms with van der Waals surface area (Å²) in [6.07, 6.45) is 7.12. The number of benzene rings is 1. The van der Waals surface area contributed by atoms with E-state index < -0.39 is 0 Å². The van der Waals surface area contributed by atoms with E-state index in [1.54, 1.807) is 0 Å². The first-order chi connectivity index (χ1) is 8.98. The average molecular weight is 280 g/mol. The highest BCUT2D eigenvalue weighted by Gasteiger charge is 2.33. The van der Waals surface area contributed by atoms with Crippen molar-refractivity contribution in [3.05, 3.63) is 34.9 Å². The van der Waals surface area contributed by atoms with E-state index in [1.165, 1.54) is 24.8 Å². The molecule has 1 fully saturated rings. The fraction of sp³-hybridized carbons (Fsp3) is 0.647. The van der Waals surface area contributed by atoms with Crippen LogP contribution in [-0.2, 0) is 6.42 Å². The highest BCUT2D eigenvalue weighted by molar-refractivity contribution is 6.31. The minimum Gasteiger partial charge on any atom is -0.325 e. The van der Waals surface area contributed by atoms with Crippen molar-refractivity contribution >= 4 is 11.6 Å². The number of hydrogen-bond acceptors (Lipinski definition) is 1. The van der Waals surface area contributed by atoms with E-state index in [9.17, 15) is 0 Å². The van der Waals surface area contributed by atoms with E-state index in [0.29, 0.717) is 0 Å². The van der Waals surface area contributed by atoms with Crippen molar-refractivity contribution in [1.82, 2.24) is 0 Å². The summed E-state index contributed by atoms with van der Waals surface area (Å²) in [5.41, 5.74) is 7.82. The largest absolute Gasteiger partial charge is 0.325 e. The molecule has 2 heteroatoms. The van der Waals surface area contributed by atoms with E-state index in [2.05, 4.69) is 26.0 Å². The number of halogens is 1. The third-order valence-electron chi connectivity index (χ3n) is 4.29. The Kier molecular flexibility index (Phi) is 4.92. The lowest BCUT2D eigenvalue weighted by Gasteiger charge is -2.39. The Bertz CT molecular complexity index is 415. The average Bonchev–Trinajstić information content (AvgIpc) is 2.31. The monoisotopic (exact) mass is 279 g/mol. The summed E-state index contributed by atoms with van der Waals surface area (Å²) in [7, 11) is 0. The van der Waals surface area contributed by atoms with Crippen molar-refractivity contribution in [3.8, 4) is 0 Å². The van der Waals surface area contributed by atoms with Crippen LogP contribution in [0.25, 0.3) is 0 Å². The predicted molar refractivity (Wildman–Crippen MR) is 83.5 cm³/mol. The van der Waals surface area contributed by atoms with Gasteiger partial charge >= 0.3 is 0 Å². The van der Waals surface area contributed by atoms with Gasteiger partial charge in [-0.1, -0.05) is 56.5 Å². The van der Waals surface area contributed by atoms with E-state index >= 15 is 0 Å². The highest BCUT2D eigenvalue weighted by atomic mass is 35.5. The zero-order valence-electron chi connectivity index (χ0n) is 12.2. The van der Waals surface area contributed by atoms with Crippen molar-refractivity contribution in [2.45, 2.75) is 57.9 Å². The van der Waals surface area contributed by atoms with Gasteiger partial charge in [-0.2, -0.15) is 0 Å². The molecule has 1 saturated carbocycles. The fourth-order valence-corrected chi connectivity index (χ4v) is 3.77. The second-order valence-corrected chi connectivity index (χ2v) is 7.13. The van der Waals surface area contributed by atoms with Crippen LogP contribution in [0.5, 0.6) is 0 Å². The van der Waals surface area contributed by atoms with Crippen molar-refractivity contribution < 1.29 is 0 Å². The van der Waals surface area contributed by atoms with Crippen LogP contribution < -0.4 is 5.73 Å². The van der Waals surface area contributed by atoms with Gasteiger partial charge in [0.05, 0.1) is 0 Å². The van der Waals surface area contributed by atoms with Gasteiger partial charge in [-0.25, -0.2) is 0 Å². The molecule has 0 spiro atoms. The van der Waals surface area contributed by atoms with E-state index in [1.807, 2.05) is 12.1 Å². The summed E-state index contributed by atoms with van der Waals surface area (Å²) in [4.78, 5) is 0. The van der Waals surface area contributed by atoms with E-state index in [0.717, 1.165) is 36.1 Å². The molecule has 2 unspecified atom stereocenters. The maximum atomic E-state index is 6.67. The first-order valence-electron chi connectivity index (χ1n) is 7.51. The van der Waals surface area contributed by atoms with Crippen LogP contribution in [0.15, 0.2) is 24.3 Å². The molecule has 1 aromatic rings. The molecular formula is C17H26ClN. The van der Waals surface area contributed by atoms with Crippen molar-refractivity contribution in [1.29, 1.82) is 0 Å². The van der Waals surface area contributed by atoms with Gasteiger partial charge in [0.15, 0.2) is 0 Å². The zero-order chi connectivity index (χ0) is 13.9. The Morgan fingerprint density at radius 1 is 1.37 bits per heavy atom. The standard InChI is InChI=1S/C17H26ClN/c1-13(2)10-14-6-5-9-17(19,11-14)12-15-7-3-4-8-16(15)18/h3-4,7-8,13-14H,5-6,9-12,19H2,1-2H3. The molecular weight excluding hydrogens is 254 g/mol. The smallest absolute Gasteiger partial charge is 0.0438 e. The first kappa shape index (κ1) is 14.9. The van der Waals surface area contributed by atoms with Gasteiger partial charge in [0.25, 0.3) is 0 Å². The summed E-state index contributed by atoms with van der Waals surface area (Å²) in [5, 5.41) is 0.860. The van der Waals surface area contributed by atoms with Crippen LogP contribution in [0.3, 0.4) is 0 Å². The summed E-state index contributed by atoms with van der Waals surface area (Å²) >= 11 is 6.27. The van der Waals surface area contributed by atoms with Gasteiger partial charge < -0.3 is 5.73 Å². The third kappa shape index (κ3) is 4.22. The lowest BCUT2D eigenvalue weighted by Crippen LogP contribution is -2.46. The normalized spacial score (nSPS) is 27.7. The minimum absolute atomic E-state index is 0.0528. The van der Waals surface area contributed by atoms with Crippen LogP contribution in [0, 0.1) is 11.8 Å². The Morgan fingerprint density at radius 3 is 2.79 bits per heavy atom. The van der Waals surface area contributed by atoms with Gasteiger partial charge in [0.1, 0.15) is 0 Å². The quantitative estimate of drug-likeness (QED) is 0.840. The second kappa shape index (κ2) is 6.28. The molecule has 0 aromatic heterocycles. The predicted octanol–water partition coefficient (Wildman–Crippen LogP) is 4.82. The molecule has 106 valence electrons. The Hall–Kier alpha value is -0.530. The third-order valence-corrected chi connectivity index (χ3v) is 4.66. The van der Waals surface area contributed by atoms with E-state index in [4.69, 9.17) is 17.3 Å². The molecule has 0 amide bonds. The van der Waals surface area contributed by atoms with Crippen LogP contribution in [0.2, 0.25) is 5.02 Å². The van der Waals surface area contributed by atoms with Gasteiger partial charge in [-0.15, -0.1) is 0 Å². The Morgan fingerprint density at radius 2 is 2.11 bits per heavy atom. The van der Waals surface area contributed by atoms with Crippen molar-refractivity contribution in [3.63, 3.8) is 0 Å². The molecule has 1 aliphatic rings. The summed E-state index contributed by atoms with van der Waals surface area (Å²) in [6.45, 7) is 4.61. The molecule has 2 rings (SSSR count). The van der Waals surface area contributed by atoms with Crippen LogP contribution in [-0.4, -0.2) is 5.54 Å². The summed E-state index contributed by atoms with van der Waals surface area (Å²) < 4.78 is 0. The SMILES string of the molecule is CC(C)CC1CCCC(N)(Cc2ccccc2Cl)C1. The topological polar surface area (TPSA) is 26.0 Å². The van der Waals surface area contributed by atoms with Crippen LogP contribution in [0.4, 0.5) is 0 Å². The fourth-order valence-electron chi connectivity index (χ4n) is 3.57. The number of hydrogen-bond donors (Lipinski definition) is 1. The minimum atomic E-state index is -0.0528. The Labute approximate surface area is 122 Å². The Balaban J connectivity index is 2.03. The molecule has 2 atom stereocenters. The summed E-state index contributed by atoms with van der Waals surface area (Å²) in [5.74, 6) is 1.56. The molecule has 19 heavy (non-hydrogen) atoms. The number of rotatable bonds is 4. The number of nitrogens with two attached hydrogens (primary N) is 1. The van der Waals surface area contributed by atoms with Gasteiger partial charge in [0, 0.05) is 10.6 Å². The second-order valence-electron chi connectivity index (χ2n) is 6.72. The maximum Gasteiger partial charge on any atom is 0.0438 e. The molecule has 1 nitrogen and oxygen atoms in total. The summed E-state index contributed by atoms with van der Waals surface area (Å²) in [6, 6.07) is 8.12. The van der Waals surface area contributed by atoms with Gasteiger partial charge in [0.2, 0.25) is 0 Å². The molecule has 2 N–H and O–H groups in total. The maximum absolute atomic E-state index is 6.67. The molecule has 0 radical (unpaired) electrons. The molecule has 0 heterocycles. The molecule has 0 saturated heterocycles. The first-order valence-corrected chi connectivity index (χ1v) is 7.88. The zero-order valence-corrected chi connectivity index (χ0v) is 12.9. The van der Waals surface area contributed by atoms with Crippen LogP contribution >= 0.6 is 11.6 Å². The molecule has 0 aliphatic heterocycles. The van der Waals surface area contributed by atoms with Crippen molar-refractivity contribution in [2.75, 3.05) is 0 Å². The van der Waals surface area contributed by atoms with Gasteiger partial charge in [-0.05, 0) is 49.1 Å². The lowest BCUT2D eigenvalue weighted by atomic mass is 9.71. The lowest BCUT2D eigenvalue weighted by molar-refractivity contribution is 0.200. The molecule has 1 aromatic carbocycles. The van der Waals surface area contributed by atoms with Crippen molar-refractivity contribution in [2.24, 2.45) is 17.6 Å². The van der Waals surface area contributed by atoms with E-state index in [-0.39, 0.29) is 5.54 Å². The van der Waals surface area contributed by atoms with Gasteiger partial charge in [-0.3, -0.25) is 0 Å². The highest BCUT2D eigenvalue weighted by Crippen LogP contribution is 2.37. The molecule has 1 aliphatic carbocycles. The van der Waals surface area contributed by atoms with Crippen LogP contribution in [0.1, 0.15) is 51.5 Å².